The zero-order valence-corrected chi connectivity index (χ0v) is 14.2. The van der Waals surface area contributed by atoms with E-state index in [4.69, 9.17) is 10.7 Å². The Hall–Kier alpha value is -1.32. The van der Waals surface area contributed by atoms with Gasteiger partial charge >= 0.3 is 0 Å². The van der Waals surface area contributed by atoms with Crippen LogP contribution in [0.4, 0.5) is 11.6 Å². The van der Waals surface area contributed by atoms with E-state index in [1.54, 1.807) is 0 Å². The molecule has 4 heteroatoms. The van der Waals surface area contributed by atoms with Crippen LogP contribution in [0.15, 0.2) is 0 Å². The molecule has 0 amide bonds. The maximum absolute atomic E-state index is 6.16. The van der Waals surface area contributed by atoms with Crippen molar-refractivity contribution in [1.82, 2.24) is 9.97 Å². The van der Waals surface area contributed by atoms with E-state index in [2.05, 4.69) is 37.6 Å². The molecule has 1 aromatic heterocycles. The van der Waals surface area contributed by atoms with E-state index in [1.807, 2.05) is 6.92 Å². The Morgan fingerprint density at radius 3 is 2.29 bits per heavy atom. The van der Waals surface area contributed by atoms with Crippen molar-refractivity contribution < 1.29 is 0 Å². The van der Waals surface area contributed by atoms with Gasteiger partial charge in [0.05, 0.1) is 0 Å². The molecule has 21 heavy (non-hydrogen) atoms. The molecular weight excluding hydrogens is 260 g/mol. The number of hydrogen-bond donors (Lipinski definition) is 1. The first-order valence-electron chi connectivity index (χ1n) is 8.25. The van der Waals surface area contributed by atoms with Crippen LogP contribution in [0.3, 0.4) is 0 Å². The number of hydrogen-bond acceptors (Lipinski definition) is 4. The maximum atomic E-state index is 6.16. The lowest BCUT2D eigenvalue weighted by molar-refractivity contribution is 0.414. The fourth-order valence-electron chi connectivity index (χ4n) is 3.11. The fraction of sp³-hybridized carbons (Fsp3) is 0.765. The van der Waals surface area contributed by atoms with Gasteiger partial charge in [0.2, 0.25) is 0 Å². The molecule has 0 aromatic carbocycles. The Labute approximate surface area is 129 Å². The Balaban J connectivity index is 2.42. The van der Waals surface area contributed by atoms with E-state index < -0.39 is 0 Å². The summed E-state index contributed by atoms with van der Waals surface area (Å²) in [7, 11) is 0. The highest BCUT2D eigenvalue weighted by Crippen LogP contribution is 2.31. The van der Waals surface area contributed by atoms with Crippen molar-refractivity contribution in [2.45, 2.75) is 78.2 Å². The molecule has 0 bridgehead atoms. The second-order valence-corrected chi connectivity index (χ2v) is 7.21. The molecule has 1 saturated carbocycles. The zero-order valence-electron chi connectivity index (χ0n) is 14.2. The van der Waals surface area contributed by atoms with Crippen LogP contribution >= 0.6 is 0 Å². The summed E-state index contributed by atoms with van der Waals surface area (Å²) in [5.41, 5.74) is 7.11. The predicted molar refractivity (Wildman–Crippen MR) is 89.8 cm³/mol. The summed E-state index contributed by atoms with van der Waals surface area (Å²) in [6, 6.07) is 0.601. The van der Waals surface area contributed by atoms with Crippen LogP contribution in [0.1, 0.15) is 71.2 Å². The Bertz CT molecular complexity index is 484. The third-order valence-corrected chi connectivity index (χ3v) is 4.46. The number of nitrogens with two attached hydrogens (primary N) is 1. The van der Waals surface area contributed by atoms with Crippen LogP contribution < -0.4 is 10.6 Å². The minimum atomic E-state index is -0.0808. The number of anilines is 2. The topological polar surface area (TPSA) is 55.0 Å². The number of rotatable bonds is 3. The Kier molecular flexibility index (Phi) is 4.74. The summed E-state index contributed by atoms with van der Waals surface area (Å²) in [6.07, 6.45) is 6.55. The van der Waals surface area contributed by atoms with Crippen LogP contribution in [0.2, 0.25) is 0 Å². The molecule has 0 unspecified atom stereocenters. The van der Waals surface area contributed by atoms with Gasteiger partial charge in [-0.1, -0.05) is 40.0 Å². The van der Waals surface area contributed by atoms with Crippen molar-refractivity contribution in [1.29, 1.82) is 0 Å². The van der Waals surface area contributed by atoms with E-state index in [0.29, 0.717) is 11.9 Å². The second kappa shape index (κ2) is 6.20. The third kappa shape index (κ3) is 3.47. The van der Waals surface area contributed by atoms with Crippen LogP contribution in [-0.4, -0.2) is 22.6 Å². The molecule has 2 rings (SSSR count). The lowest BCUT2D eigenvalue weighted by Gasteiger charge is -2.36. The molecule has 1 aromatic rings. The van der Waals surface area contributed by atoms with Gasteiger partial charge in [-0.25, -0.2) is 9.97 Å². The molecule has 0 saturated heterocycles. The largest absolute Gasteiger partial charge is 0.383 e. The smallest absolute Gasteiger partial charge is 0.138 e. The molecule has 1 heterocycles. The lowest BCUT2D eigenvalue weighted by Crippen LogP contribution is -2.38. The molecular formula is C17H30N4. The van der Waals surface area contributed by atoms with Crippen LogP contribution in [0, 0.1) is 6.92 Å². The van der Waals surface area contributed by atoms with Gasteiger partial charge in [-0.05, 0) is 26.7 Å². The van der Waals surface area contributed by atoms with Crippen molar-refractivity contribution in [3.05, 3.63) is 11.4 Å². The summed E-state index contributed by atoms with van der Waals surface area (Å²) in [4.78, 5) is 11.8. The Morgan fingerprint density at radius 1 is 1.14 bits per heavy atom. The van der Waals surface area contributed by atoms with Gasteiger partial charge in [0.1, 0.15) is 17.5 Å². The highest BCUT2D eigenvalue weighted by atomic mass is 15.2. The monoisotopic (exact) mass is 290 g/mol. The van der Waals surface area contributed by atoms with E-state index in [9.17, 15) is 0 Å². The minimum Gasteiger partial charge on any atom is -0.383 e. The SMILES string of the molecule is CCN(c1nc(C(C)(C)C)nc(N)c1C)C1CCCCC1. The summed E-state index contributed by atoms with van der Waals surface area (Å²) in [5.74, 6) is 2.51. The average molecular weight is 290 g/mol. The van der Waals surface area contributed by atoms with Crippen molar-refractivity contribution in [2.24, 2.45) is 0 Å². The normalized spacial score (nSPS) is 17.0. The molecule has 0 aliphatic heterocycles. The van der Waals surface area contributed by atoms with Gasteiger partial charge in [-0.3, -0.25) is 0 Å². The molecule has 4 nitrogen and oxygen atoms in total. The van der Waals surface area contributed by atoms with Gasteiger partial charge in [0.15, 0.2) is 0 Å². The first-order chi connectivity index (χ1) is 9.84. The highest BCUT2D eigenvalue weighted by Gasteiger charge is 2.26. The third-order valence-electron chi connectivity index (χ3n) is 4.46. The van der Waals surface area contributed by atoms with Gasteiger partial charge < -0.3 is 10.6 Å². The molecule has 1 fully saturated rings. The van der Waals surface area contributed by atoms with Gasteiger partial charge in [-0.15, -0.1) is 0 Å². The first kappa shape index (κ1) is 16.1. The van der Waals surface area contributed by atoms with Gasteiger partial charge in [0, 0.05) is 23.6 Å². The number of aromatic nitrogens is 2. The summed E-state index contributed by atoms with van der Waals surface area (Å²) < 4.78 is 0. The second-order valence-electron chi connectivity index (χ2n) is 7.21. The standard InChI is InChI=1S/C17H30N4/c1-6-21(13-10-8-7-9-11-13)15-12(2)14(18)19-16(20-15)17(3,4)5/h13H,6-11H2,1-5H3,(H2,18,19,20). The molecule has 0 spiro atoms. The van der Waals surface area contributed by atoms with Crippen molar-refractivity contribution >= 4 is 11.6 Å². The molecule has 2 N–H and O–H groups in total. The molecule has 118 valence electrons. The lowest BCUT2D eigenvalue weighted by atomic mass is 9.93. The van der Waals surface area contributed by atoms with Gasteiger partial charge in [-0.2, -0.15) is 0 Å². The average Bonchev–Trinajstić information content (AvgIpc) is 2.44. The van der Waals surface area contributed by atoms with E-state index in [1.165, 1.54) is 32.1 Å². The van der Waals surface area contributed by atoms with Crippen LogP contribution in [0.25, 0.3) is 0 Å². The summed E-state index contributed by atoms with van der Waals surface area (Å²) in [5, 5.41) is 0. The van der Waals surface area contributed by atoms with Crippen molar-refractivity contribution in [3.63, 3.8) is 0 Å². The maximum Gasteiger partial charge on any atom is 0.138 e. The molecule has 1 aliphatic carbocycles. The summed E-state index contributed by atoms with van der Waals surface area (Å²) in [6.45, 7) is 11.6. The molecule has 1 aliphatic rings. The van der Waals surface area contributed by atoms with E-state index in [0.717, 1.165) is 23.8 Å². The number of nitrogens with zero attached hydrogens (tertiary/aromatic N) is 3. The van der Waals surface area contributed by atoms with E-state index >= 15 is 0 Å². The van der Waals surface area contributed by atoms with Crippen LogP contribution in [-0.2, 0) is 5.41 Å². The fourth-order valence-corrected chi connectivity index (χ4v) is 3.11. The summed E-state index contributed by atoms with van der Waals surface area (Å²) >= 11 is 0. The van der Waals surface area contributed by atoms with Crippen molar-refractivity contribution in [3.8, 4) is 0 Å². The quantitative estimate of drug-likeness (QED) is 0.919. The van der Waals surface area contributed by atoms with E-state index in [-0.39, 0.29) is 5.41 Å². The van der Waals surface area contributed by atoms with Gasteiger partial charge in [0.25, 0.3) is 0 Å². The minimum absolute atomic E-state index is 0.0808. The van der Waals surface area contributed by atoms with Crippen molar-refractivity contribution in [2.75, 3.05) is 17.2 Å². The zero-order chi connectivity index (χ0) is 15.6. The number of nitrogen functional groups attached to an aromatic ring is 1. The first-order valence-corrected chi connectivity index (χ1v) is 8.25. The highest BCUT2D eigenvalue weighted by molar-refractivity contribution is 5.57. The van der Waals surface area contributed by atoms with Crippen LogP contribution in [0.5, 0.6) is 0 Å². The molecule has 0 atom stereocenters. The Morgan fingerprint density at radius 2 is 1.76 bits per heavy atom. The predicted octanol–water partition coefficient (Wildman–Crippen LogP) is 3.82. The molecule has 0 radical (unpaired) electrons.